The second kappa shape index (κ2) is 18.2. The van der Waals surface area contributed by atoms with Gasteiger partial charge in [-0.3, -0.25) is 0 Å². The molecule has 5 heterocycles. The maximum Gasteiger partial charge on any atom is 0.129 e. The number of aliphatic hydroxyl groups is 1. The third-order valence-electron chi connectivity index (χ3n) is 10.9. The standard InChI is InChI=1S/C27H31N5O2S.C12H14N2S.C5H11NO/c1-17(2)21(12-33)24-11-26(35-30-24)32-15-27(16-32)13-31(14-27)19-8-7-18(22(28)10-19)9-23(29)20-5-3-4-6-25(20)34;1-8(13)10-3-5-11(6-4-10)12-9(2)14-7-15-12;1-6-3-2-5(7)4-6/h3-12,17,21,34H,13-16,28-29H2,1-2H3;3-8H,13H2,1-2H3;5,7H,2-4H2,1H3/b23-9-;;/t;8-;/m.0./s1. The van der Waals surface area contributed by atoms with Crippen LogP contribution >= 0.6 is 22.9 Å². The summed E-state index contributed by atoms with van der Waals surface area (Å²) in [5, 5.41) is 20.0. The zero-order valence-electron chi connectivity index (χ0n) is 33.5. The number of hydrogen-bond donors (Lipinski definition) is 5. The first-order chi connectivity index (χ1) is 27.3. The number of β-amino-alcohol motifs (C(OH)–C–C–N with tert-alkyl or cyclic N) is 1. The molecule has 13 heteroatoms. The molecule has 302 valence electrons. The van der Waals surface area contributed by atoms with Gasteiger partial charge < -0.3 is 46.9 Å². The van der Waals surface area contributed by atoms with Crippen LogP contribution in [0.25, 0.3) is 22.2 Å². The second-order valence-corrected chi connectivity index (χ2v) is 17.7. The van der Waals surface area contributed by atoms with Crippen LogP contribution in [-0.4, -0.2) is 83.2 Å². The molecule has 0 aliphatic carbocycles. The maximum absolute atomic E-state index is 11.4. The van der Waals surface area contributed by atoms with Crippen molar-refractivity contribution < 1.29 is 15.0 Å². The average Bonchev–Trinajstić information content (AvgIpc) is 3.90. The zero-order chi connectivity index (χ0) is 40.9. The monoisotopic (exact) mass is 808 g/mol. The minimum Gasteiger partial charge on any atom is -0.507 e. The van der Waals surface area contributed by atoms with Crippen molar-refractivity contribution in [3.8, 4) is 16.2 Å². The Bertz CT molecular complexity index is 2120. The van der Waals surface area contributed by atoms with Crippen LogP contribution in [0.2, 0.25) is 0 Å². The molecular weight excluding hydrogens is 753 g/mol. The van der Waals surface area contributed by atoms with Crippen LogP contribution in [0.3, 0.4) is 0 Å². The fourth-order valence-corrected chi connectivity index (χ4v) is 9.10. The van der Waals surface area contributed by atoms with E-state index in [0.29, 0.717) is 22.4 Å². The number of carbonyl (C=O) groups excluding carboxylic acids is 1. The Kier molecular flexibility index (Phi) is 13.4. The topological polar surface area (TPSA) is 171 Å². The lowest BCUT2D eigenvalue weighted by Crippen LogP contribution is -2.72. The van der Waals surface area contributed by atoms with Crippen molar-refractivity contribution in [2.75, 3.05) is 61.8 Å². The maximum atomic E-state index is 11.4. The number of benzene rings is 3. The molecule has 57 heavy (non-hydrogen) atoms. The Hall–Kier alpha value is -4.79. The molecule has 2 aromatic heterocycles. The van der Waals surface area contributed by atoms with Gasteiger partial charge in [0.15, 0.2) is 0 Å². The molecule has 0 saturated carbocycles. The van der Waals surface area contributed by atoms with Crippen molar-refractivity contribution in [3.63, 3.8) is 0 Å². The van der Waals surface area contributed by atoms with E-state index in [1.54, 1.807) is 35.6 Å². The van der Waals surface area contributed by atoms with E-state index in [1.807, 2.05) is 44.6 Å². The molecule has 0 amide bonds. The largest absolute Gasteiger partial charge is 0.507 e. The summed E-state index contributed by atoms with van der Waals surface area (Å²) >= 11 is 3.16. The number of nitrogen functional groups attached to an aromatic ring is 1. The quantitative estimate of drug-likeness (QED) is 0.0592. The number of likely N-dealkylation sites (tertiary alicyclic amines) is 1. The highest BCUT2D eigenvalue weighted by Gasteiger charge is 2.52. The van der Waals surface area contributed by atoms with Gasteiger partial charge >= 0.3 is 0 Å². The van der Waals surface area contributed by atoms with Gasteiger partial charge in [0.1, 0.15) is 17.0 Å². The number of hydrogen-bond acceptors (Lipinski definition) is 13. The molecule has 3 saturated heterocycles. The van der Waals surface area contributed by atoms with E-state index < -0.39 is 0 Å². The number of aryl methyl sites for hydroxylation is 1. The molecule has 1 spiro atoms. The van der Waals surface area contributed by atoms with E-state index in [0.717, 1.165) is 79.6 Å². The van der Waals surface area contributed by atoms with Gasteiger partial charge in [-0.15, -0.1) is 11.3 Å². The SMILES string of the molecule is CC(C)C(C=O)c1cc(N2CC3(CN(c4ccc(/C=C(\N)c5ccccc5O)c(N)c4)C3)C2)sn1.CN1CCC(O)C1.Cc1ncsc1-c1ccc([C@H](C)N)cc1. The number of phenols is 1. The van der Waals surface area contributed by atoms with Gasteiger partial charge in [-0.25, -0.2) is 4.98 Å². The average molecular weight is 809 g/mol. The molecule has 5 aromatic rings. The first kappa shape index (κ1) is 41.8. The summed E-state index contributed by atoms with van der Waals surface area (Å²) < 4.78 is 4.55. The first-order valence-corrected chi connectivity index (χ1v) is 21.1. The van der Waals surface area contributed by atoms with E-state index in [9.17, 15) is 9.90 Å². The number of aromatic nitrogens is 2. The number of aliphatic hydroxyl groups excluding tert-OH is 1. The van der Waals surface area contributed by atoms with Gasteiger partial charge in [-0.1, -0.05) is 56.3 Å². The van der Waals surface area contributed by atoms with Crippen molar-refractivity contribution in [2.24, 2.45) is 22.8 Å². The molecule has 3 fully saturated rings. The smallest absolute Gasteiger partial charge is 0.129 e. The molecule has 2 unspecified atom stereocenters. The van der Waals surface area contributed by atoms with Crippen LogP contribution in [0.15, 0.2) is 78.3 Å². The Balaban J connectivity index is 0.000000203. The molecule has 11 nitrogen and oxygen atoms in total. The molecule has 8 rings (SSSR count). The fraction of sp³-hybridized carbons (Fsp3) is 0.386. The Labute approximate surface area is 344 Å². The predicted octanol–water partition coefficient (Wildman–Crippen LogP) is 6.97. The van der Waals surface area contributed by atoms with E-state index in [-0.39, 0.29) is 29.7 Å². The molecule has 3 atom stereocenters. The summed E-state index contributed by atoms with van der Waals surface area (Å²) in [4.78, 5) is 23.8. The fourth-order valence-electron chi connectivity index (χ4n) is 7.50. The van der Waals surface area contributed by atoms with Crippen molar-refractivity contribution in [1.82, 2.24) is 14.3 Å². The Morgan fingerprint density at radius 3 is 2.25 bits per heavy atom. The number of nitrogens with two attached hydrogens (primary N) is 3. The lowest BCUT2D eigenvalue weighted by atomic mass is 9.72. The van der Waals surface area contributed by atoms with Crippen LogP contribution in [-0.2, 0) is 4.79 Å². The number of nitrogens with zero attached hydrogens (tertiary/aromatic N) is 5. The summed E-state index contributed by atoms with van der Waals surface area (Å²) in [6.07, 6.45) is 3.71. The second-order valence-electron chi connectivity index (χ2n) is 16.0. The first-order valence-electron chi connectivity index (χ1n) is 19.5. The summed E-state index contributed by atoms with van der Waals surface area (Å²) in [5.74, 6) is 0.267. The van der Waals surface area contributed by atoms with E-state index in [2.05, 4.69) is 74.3 Å². The lowest BCUT2D eigenvalue weighted by molar-refractivity contribution is -0.109. The summed E-state index contributed by atoms with van der Waals surface area (Å²) in [7, 11) is 2.02. The Morgan fingerprint density at radius 1 is 1.00 bits per heavy atom. The third-order valence-corrected chi connectivity index (χ3v) is 12.8. The number of carbonyl (C=O) groups is 1. The number of phenolic OH excluding ortho intramolecular Hbond substituents is 1. The molecule has 3 aliphatic heterocycles. The minimum atomic E-state index is -0.133. The number of rotatable bonds is 9. The highest BCUT2D eigenvalue weighted by Crippen LogP contribution is 2.45. The van der Waals surface area contributed by atoms with Gasteiger partial charge in [0.2, 0.25) is 0 Å². The minimum absolute atomic E-state index is 0.0509. The van der Waals surface area contributed by atoms with Gasteiger partial charge in [0.25, 0.3) is 0 Å². The van der Waals surface area contributed by atoms with Crippen LogP contribution in [0.5, 0.6) is 5.75 Å². The number of aldehydes is 1. The summed E-state index contributed by atoms with van der Waals surface area (Å²) in [6, 6.07) is 23.6. The van der Waals surface area contributed by atoms with Crippen molar-refractivity contribution in [3.05, 3.63) is 106 Å². The molecule has 0 bridgehead atoms. The van der Waals surface area contributed by atoms with Crippen molar-refractivity contribution in [1.29, 1.82) is 0 Å². The number of likely N-dealkylation sites (N-methyl/N-ethyl adjacent to an activating group) is 1. The van der Waals surface area contributed by atoms with Crippen LogP contribution in [0.4, 0.5) is 16.4 Å². The lowest BCUT2D eigenvalue weighted by Gasteiger charge is -2.61. The van der Waals surface area contributed by atoms with E-state index in [1.165, 1.54) is 27.5 Å². The number of anilines is 3. The van der Waals surface area contributed by atoms with Crippen LogP contribution in [0.1, 0.15) is 67.2 Å². The molecule has 3 aromatic carbocycles. The molecular formula is C44H56N8O3S2. The highest BCUT2D eigenvalue weighted by atomic mass is 32.1. The number of aromatic hydroxyl groups is 1. The Morgan fingerprint density at radius 2 is 1.70 bits per heavy atom. The predicted molar refractivity (Wildman–Crippen MR) is 237 cm³/mol. The number of para-hydroxylation sites is 1. The van der Waals surface area contributed by atoms with E-state index >= 15 is 0 Å². The molecule has 3 aliphatic rings. The highest BCUT2D eigenvalue weighted by molar-refractivity contribution is 7.13. The van der Waals surface area contributed by atoms with Gasteiger partial charge in [0.05, 0.1) is 33.8 Å². The molecule has 0 radical (unpaired) electrons. The van der Waals surface area contributed by atoms with Crippen LogP contribution < -0.4 is 27.0 Å². The van der Waals surface area contributed by atoms with Gasteiger partial charge in [-0.05, 0) is 97.9 Å². The van der Waals surface area contributed by atoms with E-state index in [4.69, 9.17) is 22.3 Å². The number of thiazole rings is 1. The molecule has 8 N–H and O–H groups in total. The summed E-state index contributed by atoms with van der Waals surface area (Å²) in [5.41, 5.74) is 28.6. The van der Waals surface area contributed by atoms with Crippen molar-refractivity contribution in [2.45, 2.75) is 52.2 Å². The zero-order valence-corrected chi connectivity index (χ0v) is 35.1. The summed E-state index contributed by atoms with van der Waals surface area (Å²) in [6.45, 7) is 14.0. The van der Waals surface area contributed by atoms with Gasteiger partial charge in [0, 0.05) is 73.4 Å². The van der Waals surface area contributed by atoms with Crippen LogP contribution in [0, 0.1) is 18.3 Å². The van der Waals surface area contributed by atoms with Crippen molar-refractivity contribution >= 4 is 57.3 Å². The van der Waals surface area contributed by atoms with Gasteiger partial charge in [-0.2, -0.15) is 4.37 Å². The normalized spacial score (nSPS) is 18.5. The third kappa shape index (κ3) is 10.0.